The molecule has 0 radical (unpaired) electrons. The molecular weight excluding hydrogens is 287 g/mol. The molecule has 0 aromatic carbocycles. The second-order valence-corrected chi connectivity index (χ2v) is 3.39. The molecule has 0 spiro atoms. The maximum atomic E-state index is 11.1. The van der Waals surface area contributed by atoms with Gasteiger partial charge in [0, 0.05) is 16.7 Å². The van der Waals surface area contributed by atoms with Gasteiger partial charge in [-0.05, 0) is 0 Å². The molecule has 13 heavy (non-hydrogen) atoms. The quantitative estimate of drug-likeness (QED) is 0.481. The summed E-state index contributed by atoms with van der Waals surface area (Å²) < 4.78 is 7.29. The minimum Gasteiger partial charge on any atom is -0.360 e. The molecule has 0 fully saturated rings. The van der Waals surface area contributed by atoms with Crippen LogP contribution in [-0.2, 0) is 11.5 Å². The predicted octanol–water partition coefficient (Wildman–Crippen LogP) is -0.0543. The zero-order chi connectivity index (χ0) is 9.68. The number of alkyl halides is 1. The summed E-state index contributed by atoms with van der Waals surface area (Å²) in [7, 11) is 0. The van der Waals surface area contributed by atoms with E-state index in [1.54, 1.807) is 0 Å². The van der Waals surface area contributed by atoms with E-state index in [1.807, 2.05) is 0 Å². The largest absolute Gasteiger partial charge is 0.360 e. The van der Waals surface area contributed by atoms with Gasteiger partial charge in [0.15, 0.2) is 0 Å². The predicted molar refractivity (Wildman–Crippen MR) is 56.2 cm³/mol. The van der Waals surface area contributed by atoms with Crippen LogP contribution in [0.25, 0.3) is 0 Å². The summed E-state index contributed by atoms with van der Waals surface area (Å²) in [5.74, 6) is 0. The minimum atomic E-state index is -0.444. The summed E-state index contributed by atoms with van der Waals surface area (Å²) in [4.78, 5) is 23.9. The Labute approximate surface area is 87.9 Å². The second kappa shape index (κ2) is 5.18. The standard InChI is InChI=1S/C7H9IN2O3/c8-2-4-13-5-10-3-1-6(11)9-7(10)12/h1,3H,2,4-5H2,(H,9,11,12). The number of rotatable bonds is 4. The van der Waals surface area contributed by atoms with E-state index >= 15 is 0 Å². The molecule has 6 heteroatoms. The van der Waals surface area contributed by atoms with Gasteiger partial charge >= 0.3 is 5.69 Å². The molecule has 0 saturated carbocycles. The number of nitrogens with one attached hydrogen (secondary N) is 1. The number of aromatic nitrogens is 2. The van der Waals surface area contributed by atoms with E-state index in [2.05, 4.69) is 27.6 Å². The Kier molecular flexibility index (Phi) is 4.16. The number of H-pyrrole nitrogens is 1. The smallest absolute Gasteiger partial charge is 0.330 e. The molecule has 1 heterocycles. The molecule has 5 nitrogen and oxygen atoms in total. The van der Waals surface area contributed by atoms with Crippen molar-refractivity contribution in [2.75, 3.05) is 11.0 Å². The fourth-order valence-electron chi connectivity index (χ4n) is 0.763. The number of hydrogen-bond donors (Lipinski definition) is 1. The molecule has 0 unspecified atom stereocenters. The normalized spacial score (nSPS) is 10.2. The molecule has 1 N–H and O–H groups in total. The van der Waals surface area contributed by atoms with Crippen molar-refractivity contribution in [3.05, 3.63) is 33.1 Å². The highest BCUT2D eigenvalue weighted by atomic mass is 127. The van der Waals surface area contributed by atoms with Gasteiger partial charge in [0.25, 0.3) is 5.56 Å². The lowest BCUT2D eigenvalue weighted by atomic mass is 10.6. The van der Waals surface area contributed by atoms with E-state index in [1.165, 1.54) is 16.8 Å². The van der Waals surface area contributed by atoms with Crippen LogP contribution in [0.1, 0.15) is 0 Å². The molecular formula is C7H9IN2O3. The van der Waals surface area contributed by atoms with Crippen molar-refractivity contribution in [2.45, 2.75) is 6.73 Å². The number of halogens is 1. The van der Waals surface area contributed by atoms with E-state index in [0.29, 0.717) is 6.61 Å². The van der Waals surface area contributed by atoms with Gasteiger partial charge < -0.3 is 4.74 Å². The van der Waals surface area contributed by atoms with Crippen molar-refractivity contribution >= 4 is 22.6 Å². The maximum absolute atomic E-state index is 11.1. The molecule has 1 rings (SSSR count). The van der Waals surface area contributed by atoms with Gasteiger partial charge in [-0.2, -0.15) is 0 Å². The molecule has 72 valence electrons. The van der Waals surface area contributed by atoms with Crippen LogP contribution in [0, 0.1) is 0 Å². The van der Waals surface area contributed by atoms with Crippen molar-refractivity contribution in [1.29, 1.82) is 0 Å². The van der Waals surface area contributed by atoms with Gasteiger partial charge in [-0.25, -0.2) is 4.79 Å². The molecule has 0 atom stereocenters. The summed E-state index contributed by atoms with van der Waals surface area (Å²) in [5.41, 5.74) is -0.837. The van der Waals surface area contributed by atoms with Gasteiger partial charge in [0.05, 0.1) is 6.61 Å². The van der Waals surface area contributed by atoms with Gasteiger partial charge in [-0.3, -0.25) is 14.3 Å². The first-order chi connectivity index (χ1) is 6.24. The molecule has 0 amide bonds. The summed E-state index contributed by atoms with van der Waals surface area (Å²) in [5, 5.41) is 0. The average Bonchev–Trinajstić information content (AvgIpc) is 2.09. The van der Waals surface area contributed by atoms with Crippen LogP contribution < -0.4 is 11.2 Å². The van der Waals surface area contributed by atoms with Gasteiger partial charge in [0.1, 0.15) is 6.73 Å². The third kappa shape index (κ3) is 3.31. The lowest BCUT2D eigenvalue weighted by Crippen LogP contribution is -2.29. The van der Waals surface area contributed by atoms with Crippen molar-refractivity contribution < 1.29 is 4.74 Å². The highest BCUT2D eigenvalue weighted by Gasteiger charge is 1.94. The number of hydrogen-bond acceptors (Lipinski definition) is 3. The zero-order valence-corrected chi connectivity index (χ0v) is 8.98. The van der Waals surface area contributed by atoms with E-state index in [4.69, 9.17) is 4.74 Å². The highest BCUT2D eigenvalue weighted by molar-refractivity contribution is 14.1. The van der Waals surface area contributed by atoms with Crippen LogP contribution in [0.4, 0.5) is 0 Å². The summed E-state index contributed by atoms with van der Waals surface area (Å²) in [6.07, 6.45) is 1.41. The van der Waals surface area contributed by atoms with Crippen LogP contribution in [0.5, 0.6) is 0 Å². The van der Waals surface area contributed by atoms with Crippen molar-refractivity contribution in [3.8, 4) is 0 Å². The van der Waals surface area contributed by atoms with E-state index < -0.39 is 11.2 Å². The first-order valence-corrected chi connectivity index (χ1v) is 5.20. The molecule has 0 aliphatic heterocycles. The van der Waals surface area contributed by atoms with Gasteiger partial charge in [-0.15, -0.1) is 0 Å². The number of nitrogens with zero attached hydrogens (tertiary/aromatic N) is 1. The van der Waals surface area contributed by atoms with Crippen molar-refractivity contribution in [2.24, 2.45) is 0 Å². The topological polar surface area (TPSA) is 64.1 Å². The van der Waals surface area contributed by atoms with Crippen molar-refractivity contribution in [1.82, 2.24) is 9.55 Å². The molecule has 0 saturated heterocycles. The first-order valence-electron chi connectivity index (χ1n) is 3.67. The van der Waals surface area contributed by atoms with Gasteiger partial charge in [0.2, 0.25) is 0 Å². The minimum absolute atomic E-state index is 0.179. The highest BCUT2D eigenvalue weighted by Crippen LogP contribution is 1.84. The van der Waals surface area contributed by atoms with E-state index in [9.17, 15) is 9.59 Å². The average molecular weight is 296 g/mol. The lowest BCUT2D eigenvalue weighted by Gasteiger charge is -2.03. The molecule has 1 aromatic rings. The van der Waals surface area contributed by atoms with Crippen LogP contribution in [0.3, 0.4) is 0 Å². The fraction of sp³-hybridized carbons (Fsp3) is 0.429. The third-order valence-corrected chi connectivity index (χ3v) is 1.79. The Morgan fingerprint density at radius 1 is 1.54 bits per heavy atom. The summed E-state index contributed by atoms with van der Waals surface area (Å²) >= 11 is 2.17. The molecule has 0 aliphatic rings. The van der Waals surface area contributed by atoms with Crippen LogP contribution in [-0.4, -0.2) is 20.6 Å². The summed E-state index contributed by atoms with van der Waals surface area (Å²) in [6.45, 7) is 0.769. The van der Waals surface area contributed by atoms with Crippen LogP contribution in [0.2, 0.25) is 0 Å². The van der Waals surface area contributed by atoms with Crippen LogP contribution in [0.15, 0.2) is 21.9 Å². The van der Waals surface area contributed by atoms with Crippen LogP contribution >= 0.6 is 22.6 Å². The number of ether oxygens (including phenoxy) is 1. The van der Waals surface area contributed by atoms with Crippen molar-refractivity contribution in [3.63, 3.8) is 0 Å². The SMILES string of the molecule is O=c1ccn(COCCI)c(=O)[nH]1. The molecule has 1 aromatic heterocycles. The first kappa shape index (κ1) is 10.5. The monoisotopic (exact) mass is 296 g/mol. The second-order valence-electron chi connectivity index (χ2n) is 2.31. The summed E-state index contributed by atoms with van der Waals surface area (Å²) in [6, 6.07) is 1.29. The third-order valence-electron chi connectivity index (χ3n) is 1.35. The Hall–Kier alpha value is -0.630. The Morgan fingerprint density at radius 2 is 2.31 bits per heavy atom. The van der Waals surface area contributed by atoms with E-state index in [0.717, 1.165) is 4.43 Å². The zero-order valence-electron chi connectivity index (χ0n) is 6.83. The number of aromatic amines is 1. The lowest BCUT2D eigenvalue weighted by molar-refractivity contribution is 0.0875. The van der Waals surface area contributed by atoms with E-state index in [-0.39, 0.29) is 6.73 Å². The Morgan fingerprint density at radius 3 is 2.92 bits per heavy atom. The van der Waals surface area contributed by atoms with Gasteiger partial charge in [-0.1, -0.05) is 22.6 Å². The molecule has 0 bridgehead atoms. The molecule has 0 aliphatic carbocycles. The fourth-order valence-corrected chi connectivity index (χ4v) is 1.07. The maximum Gasteiger partial charge on any atom is 0.330 e. The Balaban J connectivity index is 2.67. The Bertz CT molecular complexity index is 370.